The second-order valence-electron chi connectivity index (χ2n) is 4.21. The molecule has 0 amide bonds. The monoisotopic (exact) mass is 470 g/mol. The van der Waals surface area contributed by atoms with Gasteiger partial charge in [-0.05, 0) is 61.2 Å². The molecular formula is C12H8Br2O6S2. The minimum Gasteiger partial charge on any atom is -0.282 e. The quantitative estimate of drug-likeness (QED) is 0.664. The molecule has 118 valence electrons. The topological polar surface area (TPSA) is 109 Å². The lowest BCUT2D eigenvalue weighted by Crippen LogP contribution is -2.08. The van der Waals surface area contributed by atoms with Crippen molar-refractivity contribution in [3.05, 3.63) is 45.3 Å². The Morgan fingerprint density at radius 3 is 1.95 bits per heavy atom. The lowest BCUT2D eigenvalue weighted by Gasteiger charge is -2.10. The van der Waals surface area contributed by atoms with Crippen molar-refractivity contribution in [1.82, 2.24) is 0 Å². The first-order valence-electron chi connectivity index (χ1n) is 5.55. The minimum absolute atomic E-state index is 0.341. The third-order valence-corrected chi connectivity index (χ3v) is 6.74. The zero-order chi connectivity index (χ0) is 16.7. The second-order valence-corrected chi connectivity index (χ2v) is 8.64. The van der Waals surface area contributed by atoms with Crippen molar-refractivity contribution in [2.24, 2.45) is 0 Å². The van der Waals surface area contributed by atoms with Gasteiger partial charge < -0.3 is 0 Å². The van der Waals surface area contributed by atoms with Crippen LogP contribution >= 0.6 is 31.9 Å². The summed E-state index contributed by atoms with van der Waals surface area (Å²) < 4.78 is 64.9. The molecule has 0 radical (unpaired) electrons. The van der Waals surface area contributed by atoms with E-state index >= 15 is 0 Å². The maximum absolute atomic E-state index is 11.4. The van der Waals surface area contributed by atoms with Crippen LogP contribution in [0.5, 0.6) is 0 Å². The van der Waals surface area contributed by atoms with Gasteiger partial charge in [0.25, 0.3) is 20.2 Å². The van der Waals surface area contributed by atoms with Crippen LogP contribution in [0.3, 0.4) is 0 Å². The molecule has 2 rings (SSSR count). The van der Waals surface area contributed by atoms with Gasteiger partial charge in [-0.3, -0.25) is 9.11 Å². The maximum Gasteiger partial charge on any atom is 0.295 e. The van der Waals surface area contributed by atoms with Crippen LogP contribution in [-0.2, 0) is 20.2 Å². The SMILES string of the molecule is O=S(=O)(O)c1ccc(-c2cccc(Br)c2Br)cc1S(=O)(=O)O. The molecule has 0 saturated heterocycles. The zero-order valence-corrected chi connectivity index (χ0v) is 15.4. The first-order chi connectivity index (χ1) is 10.0. The molecule has 0 bridgehead atoms. The molecule has 0 heterocycles. The van der Waals surface area contributed by atoms with Crippen molar-refractivity contribution >= 4 is 52.1 Å². The Kier molecular flexibility index (Phi) is 4.81. The molecular weight excluding hydrogens is 464 g/mol. The first-order valence-corrected chi connectivity index (χ1v) is 10.0. The fourth-order valence-corrected chi connectivity index (χ4v) is 4.46. The number of hydrogen-bond donors (Lipinski definition) is 2. The molecule has 2 aromatic carbocycles. The summed E-state index contributed by atoms with van der Waals surface area (Å²) in [5, 5.41) is 0. The van der Waals surface area contributed by atoms with Crippen molar-refractivity contribution in [1.29, 1.82) is 0 Å². The summed E-state index contributed by atoms with van der Waals surface area (Å²) in [5.41, 5.74) is 0.911. The van der Waals surface area contributed by atoms with Crippen molar-refractivity contribution < 1.29 is 25.9 Å². The van der Waals surface area contributed by atoms with Crippen molar-refractivity contribution in [2.45, 2.75) is 9.79 Å². The summed E-state index contributed by atoms with van der Waals surface area (Å²) in [6.45, 7) is 0. The Morgan fingerprint density at radius 2 is 1.41 bits per heavy atom. The van der Waals surface area contributed by atoms with E-state index in [4.69, 9.17) is 4.55 Å². The van der Waals surface area contributed by atoms with Gasteiger partial charge in [0.15, 0.2) is 0 Å². The average Bonchev–Trinajstić information content (AvgIpc) is 2.39. The average molecular weight is 472 g/mol. The van der Waals surface area contributed by atoms with E-state index in [0.717, 1.165) is 12.1 Å². The molecule has 0 atom stereocenters. The fraction of sp³-hybridized carbons (Fsp3) is 0. The minimum atomic E-state index is -4.84. The van der Waals surface area contributed by atoms with E-state index in [2.05, 4.69) is 31.9 Å². The molecule has 0 aliphatic carbocycles. The lowest BCUT2D eigenvalue weighted by molar-refractivity contribution is 0.466. The summed E-state index contributed by atoms with van der Waals surface area (Å²) in [7, 11) is -9.63. The summed E-state index contributed by atoms with van der Waals surface area (Å²) in [4.78, 5) is -1.77. The van der Waals surface area contributed by atoms with E-state index < -0.39 is 30.0 Å². The largest absolute Gasteiger partial charge is 0.295 e. The Bertz CT molecular complexity index is 952. The summed E-state index contributed by atoms with van der Waals surface area (Å²) in [6.07, 6.45) is 0. The Hall–Kier alpha value is -0.780. The highest BCUT2D eigenvalue weighted by atomic mass is 79.9. The smallest absolute Gasteiger partial charge is 0.282 e. The summed E-state index contributed by atoms with van der Waals surface area (Å²) in [6, 6.07) is 8.35. The second kappa shape index (κ2) is 6.02. The molecule has 0 unspecified atom stereocenters. The fourth-order valence-electron chi connectivity index (χ4n) is 1.82. The standard InChI is InChI=1S/C12H8Br2O6S2/c13-9-3-1-2-8(12(9)14)7-4-5-10(21(15,16)17)11(6-7)22(18,19)20/h1-6H,(H,15,16,17)(H,18,19,20). The Morgan fingerprint density at radius 1 is 0.818 bits per heavy atom. The maximum atomic E-state index is 11.4. The molecule has 0 spiro atoms. The highest BCUT2D eigenvalue weighted by molar-refractivity contribution is 9.13. The number of benzene rings is 2. The number of rotatable bonds is 3. The summed E-state index contributed by atoms with van der Waals surface area (Å²) >= 11 is 6.62. The third kappa shape index (κ3) is 3.58. The van der Waals surface area contributed by atoms with Gasteiger partial charge in [-0.15, -0.1) is 0 Å². The van der Waals surface area contributed by atoms with Crippen molar-refractivity contribution in [3.8, 4) is 11.1 Å². The first kappa shape index (κ1) is 17.6. The highest BCUT2D eigenvalue weighted by Crippen LogP contribution is 2.36. The number of hydrogen-bond acceptors (Lipinski definition) is 4. The molecule has 0 aliphatic rings. The van der Waals surface area contributed by atoms with E-state index in [-0.39, 0.29) is 0 Å². The zero-order valence-electron chi connectivity index (χ0n) is 10.6. The molecule has 10 heteroatoms. The molecule has 6 nitrogen and oxygen atoms in total. The van der Waals surface area contributed by atoms with Crippen LogP contribution in [0.25, 0.3) is 11.1 Å². The van der Waals surface area contributed by atoms with Gasteiger partial charge >= 0.3 is 0 Å². The third-order valence-electron chi connectivity index (χ3n) is 2.76. The van der Waals surface area contributed by atoms with Crippen LogP contribution in [-0.4, -0.2) is 25.9 Å². The van der Waals surface area contributed by atoms with E-state index in [1.165, 1.54) is 6.07 Å². The molecule has 0 aliphatic heterocycles. The Balaban J connectivity index is 2.81. The van der Waals surface area contributed by atoms with Crippen LogP contribution in [0.1, 0.15) is 0 Å². The van der Waals surface area contributed by atoms with E-state index in [0.29, 0.717) is 20.1 Å². The van der Waals surface area contributed by atoms with Gasteiger partial charge in [0.1, 0.15) is 9.79 Å². The molecule has 2 aromatic rings. The molecule has 22 heavy (non-hydrogen) atoms. The molecule has 0 saturated carbocycles. The predicted octanol–water partition coefficient (Wildman–Crippen LogP) is 3.37. The van der Waals surface area contributed by atoms with Gasteiger partial charge in [-0.25, -0.2) is 0 Å². The number of halogens is 2. The van der Waals surface area contributed by atoms with Crippen LogP contribution < -0.4 is 0 Å². The molecule has 0 aromatic heterocycles. The van der Waals surface area contributed by atoms with Crippen LogP contribution in [0.2, 0.25) is 0 Å². The summed E-state index contributed by atoms with van der Waals surface area (Å²) in [5.74, 6) is 0. The van der Waals surface area contributed by atoms with Crippen molar-refractivity contribution in [2.75, 3.05) is 0 Å². The van der Waals surface area contributed by atoms with Crippen LogP contribution in [0, 0.1) is 0 Å². The van der Waals surface area contributed by atoms with Gasteiger partial charge in [-0.2, -0.15) is 16.8 Å². The molecule has 2 N–H and O–H groups in total. The van der Waals surface area contributed by atoms with Gasteiger partial charge in [0.2, 0.25) is 0 Å². The Labute approximate surface area is 143 Å². The van der Waals surface area contributed by atoms with Crippen LogP contribution in [0.15, 0.2) is 55.1 Å². The van der Waals surface area contributed by atoms with E-state index in [1.807, 2.05) is 0 Å². The normalized spacial score (nSPS) is 12.4. The van der Waals surface area contributed by atoms with Crippen molar-refractivity contribution in [3.63, 3.8) is 0 Å². The van der Waals surface area contributed by atoms with E-state index in [9.17, 15) is 21.4 Å². The lowest BCUT2D eigenvalue weighted by atomic mass is 10.1. The predicted molar refractivity (Wildman–Crippen MR) is 86.9 cm³/mol. The van der Waals surface area contributed by atoms with E-state index in [1.54, 1.807) is 18.2 Å². The van der Waals surface area contributed by atoms with Crippen LogP contribution in [0.4, 0.5) is 0 Å². The van der Waals surface area contributed by atoms with Gasteiger partial charge in [-0.1, -0.05) is 18.2 Å². The van der Waals surface area contributed by atoms with Gasteiger partial charge in [0, 0.05) is 8.95 Å². The van der Waals surface area contributed by atoms with Gasteiger partial charge in [0.05, 0.1) is 0 Å². The molecule has 0 fully saturated rings. The highest BCUT2D eigenvalue weighted by Gasteiger charge is 2.24.